The molecule has 26 heavy (non-hydrogen) atoms. The molecule has 1 amide bonds. The summed E-state index contributed by atoms with van der Waals surface area (Å²) in [6.07, 6.45) is 0.509. The molecule has 0 aliphatic heterocycles. The van der Waals surface area contributed by atoms with Crippen LogP contribution in [0.2, 0.25) is 0 Å². The number of aryl methyl sites for hydroxylation is 2. The molecule has 130 valence electrons. The molecule has 0 aliphatic carbocycles. The fourth-order valence-electron chi connectivity index (χ4n) is 2.72. The van der Waals surface area contributed by atoms with Crippen LogP contribution >= 0.6 is 0 Å². The maximum Gasteiger partial charge on any atom is 0.322 e. The van der Waals surface area contributed by atoms with Gasteiger partial charge >= 0.3 is 6.01 Å². The second-order valence-corrected chi connectivity index (χ2v) is 6.20. The van der Waals surface area contributed by atoms with E-state index in [1.165, 1.54) is 11.1 Å². The van der Waals surface area contributed by atoms with Gasteiger partial charge in [-0.25, -0.2) is 0 Å². The van der Waals surface area contributed by atoms with Gasteiger partial charge in [0.05, 0.1) is 6.42 Å². The van der Waals surface area contributed by atoms with Gasteiger partial charge in [0.25, 0.3) is 5.91 Å². The molecule has 4 rings (SSSR count). The molecule has 0 radical (unpaired) electrons. The molecule has 0 saturated carbocycles. The van der Waals surface area contributed by atoms with E-state index in [4.69, 9.17) is 8.83 Å². The van der Waals surface area contributed by atoms with E-state index in [9.17, 15) is 4.79 Å². The zero-order valence-electron chi connectivity index (χ0n) is 14.4. The van der Waals surface area contributed by atoms with Crippen molar-refractivity contribution in [3.63, 3.8) is 0 Å². The van der Waals surface area contributed by atoms with E-state index in [1.54, 1.807) is 12.1 Å². The summed E-state index contributed by atoms with van der Waals surface area (Å²) in [5.74, 6) is 0.204. The van der Waals surface area contributed by atoms with Crippen LogP contribution < -0.4 is 5.32 Å². The third kappa shape index (κ3) is 3.21. The Hall–Kier alpha value is -3.41. The van der Waals surface area contributed by atoms with E-state index in [-0.39, 0.29) is 11.8 Å². The Morgan fingerprint density at radius 3 is 2.65 bits per heavy atom. The van der Waals surface area contributed by atoms with E-state index >= 15 is 0 Å². The lowest BCUT2D eigenvalue weighted by atomic mass is 10.0. The van der Waals surface area contributed by atoms with Gasteiger partial charge in [0.15, 0.2) is 5.76 Å². The van der Waals surface area contributed by atoms with Gasteiger partial charge in [-0.15, -0.1) is 5.10 Å². The van der Waals surface area contributed by atoms with Crippen molar-refractivity contribution in [2.75, 3.05) is 5.32 Å². The van der Waals surface area contributed by atoms with E-state index in [1.807, 2.05) is 24.3 Å². The summed E-state index contributed by atoms with van der Waals surface area (Å²) in [5, 5.41) is 11.3. The quantitative estimate of drug-likeness (QED) is 0.596. The van der Waals surface area contributed by atoms with Crippen LogP contribution in [0.5, 0.6) is 0 Å². The summed E-state index contributed by atoms with van der Waals surface area (Å²) in [6, 6.07) is 15.3. The van der Waals surface area contributed by atoms with Gasteiger partial charge in [0, 0.05) is 5.39 Å². The molecule has 2 heterocycles. The Kier molecular flexibility index (Phi) is 4.01. The summed E-state index contributed by atoms with van der Waals surface area (Å²) in [4.78, 5) is 12.3. The van der Waals surface area contributed by atoms with Crippen LogP contribution in [0.25, 0.3) is 11.0 Å². The number of benzene rings is 2. The molecule has 0 fully saturated rings. The molecule has 0 unspecified atom stereocenters. The van der Waals surface area contributed by atoms with Crippen LogP contribution in [0.3, 0.4) is 0 Å². The number of nitrogens with zero attached hydrogens (tertiary/aromatic N) is 2. The first-order chi connectivity index (χ1) is 12.6. The molecular weight excluding hydrogens is 330 g/mol. The molecule has 2 aromatic carbocycles. The average molecular weight is 347 g/mol. The summed E-state index contributed by atoms with van der Waals surface area (Å²) in [5.41, 5.74) is 4.17. The average Bonchev–Trinajstić information content (AvgIpc) is 3.25. The Bertz CT molecular complexity index is 1060. The van der Waals surface area contributed by atoms with Crippen molar-refractivity contribution in [1.29, 1.82) is 0 Å². The number of anilines is 1. The van der Waals surface area contributed by atoms with Crippen LogP contribution in [0, 0.1) is 13.8 Å². The van der Waals surface area contributed by atoms with E-state index in [0.717, 1.165) is 10.9 Å². The number of rotatable bonds is 4. The standard InChI is InChI=1S/C20H17N3O3/c1-12-7-8-14(9-13(12)2)10-18-22-23-20(26-18)21-19(24)17-11-15-5-3-4-6-16(15)25-17/h3-9,11H,10H2,1-2H3,(H,21,23,24). The number of para-hydroxylation sites is 1. The highest BCUT2D eigenvalue weighted by atomic mass is 16.4. The smallest absolute Gasteiger partial charge is 0.322 e. The lowest BCUT2D eigenvalue weighted by molar-refractivity contribution is 0.0995. The molecule has 0 spiro atoms. The van der Waals surface area contributed by atoms with Crippen LogP contribution in [-0.4, -0.2) is 16.1 Å². The molecule has 4 aromatic rings. The number of nitrogens with one attached hydrogen (secondary N) is 1. The Morgan fingerprint density at radius 2 is 1.85 bits per heavy atom. The van der Waals surface area contributed by atoms with Gasteiger partial charge in [-0.1, -0.05) is 41.5 Å². The number of carbonyl (C=O) groups is 1. The van der Waals surface area contributed by atoms with Crippen LogP contribution in [0.1, 0.15) is 33.1 Å². The van der Waals surface area contributed by atoms with Crippen LogP contribution in [0.4, 0.5) is 6.01 Å². The van der Waals surface area contributed by atoms with Crippen molar-refractivity contribution >= 4 is 22.9 Å². The number of fused-ring (bicyclic) bond motifs is 1. The monoisotopic (exact) mass is 347 g/mol. The second-order valence-electron chi connectivity index (χ2n) is 6.20. The maximum atomic E-state index is 12.3. The molecule has 2 aromatic heterocycles. The normalized spacial score (nSPS) is 11.0. The van der Waals surface area contributed by atoms with Gasteiger partial charge in [-0.05, 0) is 42.7 Å². The van der Waals surface area contributed by atoms with Crippen LogP contribution in [-0.2, 0) is 6.42 Å². The number of aromatic nitrogens is 2. The van der Waals surface area contributed by atoms with Crippen molar-refractivity contribution < 1.29 is 13.6 Å². The van der Waals surface area contributed by atoms with Gasteiger partial charge in [0.1, 0.15) is 5.58 Å². The van der Waals surface area contributed by atoms with Crippen molar-refractivity contribution in [2.45, 2.75) is 20.3 Å². The minimum absolute atomic E-state index is 0.0503. The third-order valence-electron chi connectivity index (χ3n) is 4.26. The number of furan rings is 1. The maximum absolute atomic E-state index is 12.3. The van der Waals surface area contributed by atoms with Crippen molar-refractivity contribution in [1.82, 2.24) is 10.2 Å². The number of hydrogen-bond acceptors (Lipinski definition) is 5. The zero-order valence-corrected chi connectivity index (χ0v) is 14.4. The predicted molar refractivity (Wildman–Crippen MR) is 97.2 cm³/mol. The zero-order chi connectivity index (χ0) is 18.1. The Labute approximate surface area is 149 Å². The van der Waals surface area contributed by atoms with Crippen molar-refractivity contribution in [2.24, 2.45) is 0 Å². The first-order valence-electron chi connectivity index (χ1n) is 8.27. The van der Waals surface area contributed by atoms with Gasteiger partial charge < -0.3 is 8.83 Å². The minimum Gasteiger partial charge on any atom is -0.451 e. The lowest BCUT2D eigenvalue weighted by Crippen LogP contribution is -2.10. The molecule has 1 N–H and O–H groups in total. The Morgan fingerprint density at radius 1 is 1.00 bits per heavy atom. The minimum atomic E-state index is -0.428. The topological polar surface area (TPSA) is 81.2 Å². The fourth-order valence-corrected chi connectivity index (χ4v) is 2.72. The SMILES string of the molecule is Cc1ccc(Cc2nnc(NC(=O)c3cc4ccccc4o3)o2)cc1C. The highest BCUT2D eigenvalue weighted by Crippen LogP contribution is 2.20. The number of amides is 1. The largest absolute Gasteiger partial charge is 0.451 e. The van der Waals surface area contributed by atoms with Gasteiger partial charge in [-0.3, -0.25) is 10.1 Å². The highest BCUT2D eigenvalue weighted by Gasteiger charge is 2.16. The number of hydrogen-bond donors (Lipinski definition) is 1. The van der Waals surface area contributed by atoms with Crippen molar-refractivity contribution in [3.05, 3.63) is 76.9 Å². The van der Waals surface area contributed by atoms with Gasteiger partial charge in [0.2, 0.25) is 5.89 Å². The van der Waals surface area contributed by atoms with Gasteiger partial charge in [-0.2, -0.15) is 0 Å². The molecule has 0 aliphatic rings. The number of carbonyl (C=O) groups excluding carboxylic acids is 1. The third-order valence-corrected chi connectivity index (χ3v) is 4.26. The van der Waals surface area contributed by atoms with Crippen LogP contribution in [0.15, 0.2) is 57.4 Å². The molecule has 0 bridgehead atoms. The van der Waals surface area contributed by atoms with E-state index < -0.39 is 5.91 Å². The fraction of sp³-hybridized carbons (Fsp3) is 0.150. The second kappa shape index (κ2) is 6.48. The molecular formula is C20H17N3O3. The lowest BCUT2D eigenvalue weighted by Gasteiger charge is -2.02. The first-order valence-corrected chi connectivity index (χ1v) is 8.27. The highest BCUT2D eigenvalue weighted by molar-refractivity contribution is 6.03. The summed E-state index contributed by atoms with van der Waals surface area (Å²) >= 11 is 0. The van der Waals surface area contributed by atoms with E-state index in [0.29, 0.717) is 17.9 Å². The summed E-state index contributed by atoms with van der Waals surface area (Å²) < 4.78 is 11.1. The summed E-state index contributed by atoms with van der Waals surface area (Å²) in [6.45, 7) is 4.13. The molecule has 0 atom stereocenters. The molecule has 6 nitrogen and oxygen atoms in total. The molecule has 0 saturated heterocycles. The Balaban J connectivity index is 1.47. The first kappa shape index (κ1) is 16.1. The van der Waals surface area contributed by atoms with E-state index in [2.05, 4.69) is 41.5 Å². The predicted octanol–water partition coefficient (Wildman–Crippen LogP) is 4.28. The van der Waals surface area contributed by atoms with Crippen molar-refractivity contribution in [3.8, 4) is 0 Å². The summed E-state index contributed by atoms with van der Waals surface area (Å²) in [7, 11) is 0. The molecule has 6 heteroatoms.